The second kappa shape index (κ2) is 5.05. The number of carbonyl (C=O) groups excluding carboxylic acids is 1. The van der Waals surface area contributed by atoms with E-state index in [1.165, 1.54) is 12.3 Å². The monoisotopic (exact) mass is 294 g/mol. The molecule has 0 saturated carbocycles. The van der Waals surface area contributed by atoms with Gasteiger partial charge in [-0.15, -0.1) is 0 Å². The van der Waals surface area contributed by atoms with Gasteiger partial charge in [0.1, 0.15) is 0 Å². The van der Waals surface area contributed by atoms with Crippen LogP contribution in [0.15, 0.2) is 47.1 Å². The van der Waals surface area contributed by atoms with Crippen molar-refractivity contribution in [1.82, 2.24) is 4.98 Å². The van der Waals surface area contributed by atoms with Gasteiger partial charge in [0.2, 0.25) is 5.95 Å². The molecule has 86 valence electrons. The molecule has 0 aliphatic carbocycles. The highest BCUT2D eigenvalue weighted by Gasteiger charge is 2.06. The highest BCUT2D eigenvalue weighted by molar-refractivity contribution is 9.10. The SMILES string of the molecule is O=C(Nc1ccc(Br)cc1)c1ccc(F)nc1. The van der Waals surface area contributed by atoms with Gasteiger partial charge in [-0.25, -0.2) is 4.98 Å². The lowest BCUT2D eigenvalue weighted by molar-refractivity contribution is 0.102. The van der Waals surface area contributed by atoms with Crippen LogP contribution in [0.4, 0.5) is 10.1 Å². The number of nitrogens with one attached hydrogen (secondary N) is 1. The van der Waals surface area contributed by atoms with Crippen molar-refractivity contribution in [2.45, 2.75) is 0 Å². The molecule has 0 aliphatic heterocycles. The minimum absolute atomic E-state index is 0.314. The number of nitrogens with zero attached hydrogens (tertiary/aromatic N) is 1. The molecule has 0 aliphatic rings. The molecule has 0 spiro atoms. The minimum Gasteiger partial charge on any atom is -0.322 e. The lowest BCUT2D eigenvalue weighted by Gasteiger charge is -2.04. The van der Waals surface area contributed by atoms with Crippen molar-refractivity contribution in [2.75, 3.05) is 5.32 Å². The van der Waals surface area contributed by atoms with Crippen LogP contribution < -0.4 is 5.32 Å². The summed E-state index contributed by atoms with van der Waals surface area (Å²) in [4.78, 5) is 15.1. The zero-order valence-electron chi connectivity index (χ0n) is 8.65. The van der Waals surface area contributed by atoms with Crippen LogP contribution in [0.1, 0.15) is 10.4 Å². The molecule has 3 nitrogen and oxygen atoms in total. The van der Waals surface area contributed by atoms with Gasteiger partial charge < -0.3 is 5.32 Å². The van der Waals surface area contributed by atoms with Gasteiger partial charge in [-0.2, -0.15) is 4.39 Å². The van der Waals surface area contributed by atoms with E-state index in [9.17, 15) is 9.18 Å². The molecule has 0 unspecified atom stereocenters. The predicted molar refractivity (Wildman–Crippen MR) is 66.3 cm³/mol. The van der Waals surface area contributed by atoms with Gasteiger partial charge in [0.05, 0.1) is 5.56 Å². The van der Waals surface area contributed by atoms with E-state index in [0.29, 0.717) is 11.3 Å². The molecule has 0 saturated heterocycles. The van der Waals surface area contributed by atoms with E-state index in [-0.39, 0.29) is 5.91 Å². The van der Waals surface area contributed by atoms with E-state index >= 15 is 0 Å². The smallest absolute Gasteiger partial charge is 0.257 e. The molecule has 0 fully saturated rings. The number of hydrogen-bond donors (Lipinski definition) is 1. The molecule has 2 rings (SSSR count). The van der Waals surface area contributed by atoms with Gasteiger partial charge >= 0.3 is 0 Å². The van der Waals surface area contributed by atoms with Crippen molar-refractivity contribution >= 4 is 27.5 Å². The number of halogens is 2. The Morgan fingerprint density at radius 1 is 1.18 bits per heavy atom. The molecule has 0 atom stereocenters. The number of rotatable bonds is 2. The fraction of sp³-hybridized carbons (Fsp3) is 0. The molecule has 1 amide bonds. The Kier molecular flexibility index (Phi) is 3.49. The van der Waals surface area contributed by atoms with E-state index in [4.69, 9.17) is 0 Å². The van der Waals surface area contributed by atoms with Crippen LogP contribution in [0.3, 0.4) is 0 Å². The number of aromatic nitrogens is 1. The summed E-state index contributed by atoms with van der Waals surface area (Å²) in [5, 5.41) is 2.68. The van der Waals surface area contributed by atoms with E-state index in [0.717, 1.165) is 10.5 Å². The quantitative estimate of drug-likeness (QED) is 0.864. The first-order chi connectivity index (χ1) is 8.15. The largest absolute Gasteiger partial charge is 0.322 e. The number of anilines is 1. The highest BCUT2D eigenvalue weighted by Crippen LogP contribution is 2.14. The fourth-order valence-corrected chi connectivity index (χ4v) is 1.51. The van der Waals surface area contributed by atoms with Crippen molar-refractivity contribution in [2.24, 2.45) is 0 Å². The van der Waals surface area contributed by atoms with Crippen molar-refractivity contribution in [3.8, 4) is 0 Å². The van der Waals surface area contributed by atoms with Gasteiger partial charge in [-0.3, -0.25) is 4.79 Å². The van der Waals surface area contributed by atoms with Gasteiger partial charge in [0, 0.05) is 16.4 Å². The molecule has 1 N–H and O–H groups in total. The second-order valence-corrected chi connectivity index (χ2v) is 4.25. The van der Waals surface area contributed by atoms with Crippen LogP contribution in [-0.2, 0) is 0 Å². The standard InChI is InChI=1S/C12H8BrFN2O/c13-9-2-4-10(5-3-9)16-12(17)8-1-6-11(14)15-7-8/h1-7H,(H,16,17). The topological polar surface area (TPSA) is 42.0 Å². The predicted octanol–water partition coefficient (Wildman–Crippen LogP) is 3.24. The van der Waals surface area contributed by atoms with Gasteiger partial charge in [0.25, 0.3) is 5.91 Å². The van der Waals surface area contributed by atoms with Crippen LogP contribution in [0.5, 0.6) is 0 Å². The summed E-state index contributed by atoms with van der Waals surface area (Å²) < 4.78 is 13.5. The van der Waals surface area contributed by atoms with E-state index in [1.54, 1.807) is 12.1 Å². The Bertz CT molecular complexity index is 525. The van der Waals surface area contributed by atoms with Crippen molar-refractivity contribution < 1.29 is 9.18 Å². The first-order valence-corrected chi connectivity index (χ1v) is 5.63. The normalized spacial score (nSPS) is 10.0. The van der Waals surface area contributed by atoms with E-state index < -0.39 is 5.95 Å². The molecule has 1 aromatic carbocycles. The number of carbonyl (C=O) groups is 1. The molecule has 5 heteroatoms. The third kappa shape index (κ3) is 3.10. The minimum atomic E-state index is -0.606. The number of amides is 1. The molecule has 1 heterocycles. The van der Waals surface area contributed by atoms with Crippen molar-refractivity contribution in [3.05, 3.63) is 58.6 Å². The fourth-order valence-electron chi connectivity index (χ4n) is 1.25. The average molecular weight is 295 g/mol. The zero-order chi connectivity index (χ0) is 12.3. The summed E-state index contributed by atoms with van der Waals surface area (Å²) in [6.45, 7) is 0. The maximum atomic E-state index is 12.6. The van der Waals surface area contributed by atoms with Crippen LogP contribution in [0.25, 0.3) is 0 Å². The molecule has 17 heavy (non-hydrogen) atoms. The summed E-state index contributed by atoms with van der Waals surface area (Å²) >= 11 is 3.30. The van der Waals surface area contributed by atoms with Gasteiger partial charge in [-0.05, 0) is 36.4 Å². The highest BCUT2D eigenvalue weighted by atomic mass is 79.9. The third-order valence-corrected chi connectivity index (χ3v) is 2.62. The molecule has 2 aromatic rings. The number of benzene rings is 1. The summed E-state index contributed by atoms with van der Waals surface area (Å²) in [7, 11) is 0. The van der Waals surface area contributed by atoms with Crippen LogP contribution in [-0.4, -0.2) is 10.9 Å². The van der Waals surface area contributed by atoms with E-state index in [1.807, 2.05) is 12.1 Å². The maximum absolute atomic E-state index is 12.6. The Morgan fingerprint density at radius 3 is 2.47 bits per heavy atom. The first-order valence-electron chi connectivity index (χ1n) is 4.83. The molecule has 0 radical (unpaired) electrons. The lowest BCUT2D eigenvalue weighted by Crippen LogP contribution is -2.12. The first kappa shape index (κ1) is 11.7. The van der Waals surface area contributed by atoms with Crippen molar-refractivity contribution in [3.63, 3.8) is 0 Å². The van der Waals surface area contributed by atoms with Crippen LogP contribution in [0, 0.1) is 5.95 Å². The molecule has 0 bridgehead atoms. The van der Waals surface area contributed by atoms with Crippen molar-refractivity contribution in [1.29, 1.82) is 0 Å². The van der Waals surface area contributed by atoms with Gasteiger partial charge in [-0.1, -0.05) is 15.9 Å². The third-order valence-electron chi connectivity index (χ3n) is 2.09. The van der Waals surface area contributed by atoms with E-state index in [2.05, 4.69) is 26.2 Å². The van der Waals surface area contributed by atoms with Gasteiger partial charge in [0.15, 0.2) is 0 Å². The summed E-state index contributed by atoms with van der Waals surface area (Å²) in [5.41, 5.74) is 0.983. The summed E-state index contributed by atoms with van der Waals surface area (Å²) in [5.74, 6) is -0.926. The Labute approximate surface area is 106 Å². The Morgan fingerprint density at radius 2 is 1.88 bits per heavy atom. The molecular formula is C12H8BrFN2O. The Balaban J connectivity index is 2.11. The van der Waals surface area contributed by atoms with Crippen LogP contribution >= 0.6 is 15.9 Å². The Hall–Kier alpha value is -1.75. The number of pyridine rings is 1. The summed E-state index contributed by atoms with van der Waals surface area (Å²) in [6.07, 6.45) is 1.20. The average Bonchev–Trinajstić information content (AvgIpc) is 2.33. The number of hydrogen-bond acceptors (Lipinski definition) is 2. The van der Waals surface area contributed by atoms with Crippen LogP contribution in [0.2, 0.25) is 0 Å². The second-order valence-electron chi connectivity index (χ2n) is 3.33. The maximum Gasteiger partial charge on any atom is 0.257 e. The lowest BCUT2D eigenvalue weighted by atomic mass is 10.2. The molecular weight excluding hydrogens is 287 g/mol. The zero-order valence-corrected chi connectivity index (χ0v) is 10.2. The molecule has 1 aromatic heterocycles. The summed E-state index contributed by atoms with van der Waals surface area (Å²) in [6, 6.07) is 9.70.